The second-order valence-electron chi connectivity index (χ2n) is 7.64. The number of hydroxylamine groups is 2. The van der Waals surface area contributed by atoms with Crippen LogP contribution in [-0.4, -0.2) is 35.6 Å². The number of nitrogens with one attached hydrogen (secondary N) is 1. The van der Waals surface area contributed by atoms with E-state index in [0.717, 1.165) is 36.1 Å². The molecule has 1 fully saturated rings. The average molecular weight is 414 g/mol. The maximum Gasteiger partial charge on any atom is 0.426 e. The van der Waals surface area contributed by atoms with Crippen molar-refractivity contribution < 1.29 is 14.5 Å². The fourth-order valence-electron chi connectivity index (χ4n) is 3.60. The molecule has 6 nitrogen and oxygen atoms in total. The van der Waals surface area contributed by atoms with Crippen LogP contribution < -0.4 is 5.32 Å². The summed E-state index contributed by atoms with van der Waals surface area (Å²) in [5, 5.41) is 9.49. The van der Waals surface area contributed by atoms with Gasteiger partial charge in [-0.2, -0.15) is 0 Å². The molecule has 0 atom stereocenters. The monoisotopic (exact) mass is 413 g/mol. The lowest BCUT2D eigenvalue weighted by Gasteiger charge is -2.35. The van der Waals surface area contributed by atoms with E-state index in [2.05, 4.69) is 10.5 Å². The van der Waals surface area contributed by atoms with Crippen molar-refractivity contribution in [1.29, 1.82) is 0 Å². The van der Waals surface area contributed by atoms with Crippen LogP contribution in [0.5, 0.6) is 0 Å². The number of aryl methyl sites for hydroxylation is 1. The molecule has 2 aliphatic rings. The molecule has 0 radical (unpaired) electrons. The van der Waals surface area contributed by atoms with Crippen LogP contribution in [0.2, 0.25) is 5.02 Å². The van der Waals surface area contributed by atoms with Crippen LogP contribution in [0.1, 0.15) is 36.0 Å². The molecule has 1 N–H and O–H groups in total. The Balaban J connectivity index is 1.23. The molecule has 0 saturated carbocycles. The second kappa shape index (κ2) is 8.43. The highest BCUT2D eigenvalue weighted by molar-refractivity contribution is 6.30. The molecule has 0 unspecified atom stereocenters. The number of piperidine rings is 1. The van der Waals surface area contributed by atoms with Gasteiger partial charge in [-0.3, -0.25) is 0 Å². The van der Waals surface area contributed by atoms with E-state index in [1.54, 1.807) is 5.06 Å². The summed E-state index contributed by atoms with van der Waals surface area (Å²) in [6.07, 6.45) is 1.81. The molecule has 0 bridgehead atoms. The van der Waals surface area contributed by atoms with Crippen molar-refractivity contribution in [2.45, 2.75) is 38.3 Å². The number of benzene rings is 2. The number of nitrogens with zero attached hydrogens (tertiary/aromatic N) is 2. The lowest BCUT2D eigenvalue weighted by molar-refractivity contribution is -0.157. The van der Waals surface area contributed by atoms with Crippen molar-refractivity contribution in [2.75, 3.05) is 13.1 Å². The molecular formula is C22H24ClN3O3. The first-order valence-electron chi connectivity index (χ1n) is 9.79. The van der Waals surface area contributed by atoms with E-state index in [1.165, 1.54) is 5.56 Å². The summed E-state index contributed by atoms with van der Waals surface area (Å²) in [6.45, 7) is 3.70. The highest BCUT2D eigenvalue weighted by Gasteiger charge is 2.43. The quantitative estimate of drug-likeness (QED) is 0.804. The fraction of sp³-hybridized carbons (Fsp3) is 0.364. The van der Waals surface area contributed by atoms with Crippen LogP contribution in [-0.2, 0) is 16.2 Å². The van der Waals surface area contributed by atoms with Gasteiger partial charge in [0.2, 0.25) is 0 Å². The number of hydrogen-bond donors (Lipinski definition) is 1. The largest absolute Gasteiger partial charge is 0.426 e. The van der Waals surface area contributed by atoms with Crippen LogP contribution >= 0.6 is 11.6 Å². The first-order valence-corrected chi connectivity index (χ1v) is 10.2. The number of rotatable bonds is 4. The van der Waals surface area contributed by atoms with Gasteiger partial charge in [0.05, 0.1) is 5.71 Å². The third kappa shape index (κ3) is 4.89. The van der Waals surface area contributed by atoms with E-state index < -0.39 is 6.09 Å². The molecule has 29 heavy (non-hydrogen) atoms. The van der Waals surface area contributed by atoms with Gasteiger partial charge in [0.1, 0.15) is 5.60 Å². The highest BCUT2D eigenvalue weighted by atomic mass is 35.5. The van der Waals surface area contributed by atoms with E-state index >= 15 is 0 Å². The molecule has 1 amide bonds. The summed E-state index contributed by atoms with van der Waals surface area (Å²) >= 11 is 5.96. The second-order valence-corrected chi connectivity index (χ2v) is 8.08. The summed E-state index contributed by atoms with van der Waals surface area (Å²) < 4.78 is 0. The molecule has 2 aromatic rings. The molecule has 4 rings (SSSR count). The Morgan fingerprint density at radius 3 is 2.55 bits per heavy atom. The SMILES string of the molecule is Cc1ccc(CNC(=O)ON2CCC3(CC2)CC(c2ccc(Cl)cc2)=NO3)cc1. The number of oxime groups is 1. The van der Waals surface area contributed by atoms with Gasteiger partial charge in [0, 0.05) is 43.9 Å². The Morgan fingerprint density at radius 1 is 1.17 bits per heavy atom. The molecule has 0 aromatic heterocycles. The first-order chi connectivity index (χ1) is 14.0. The van der Waals surface area contributed by atoms with Crippen LogP contribution in [0.3, 0.4) is 0 Å². The smallest absolute Gasteiger partial charge is 0.388 e. The van der Waals surface area contributed by atoms with Gasteiger partial charge < -0.3 is 15.0 Å². The van der Waals surface area contributed by atoms with Gasteiger partial charge >= 0.3 is 6.09 Å². The molecule has 2 heterocycles. The molecule has 2 aromatic carbocycles. The zero-order valence-electron chi connectivity index (χ0n) is 16.4. The van der Waals surface area contributed by atoms with E-state index in [4.69, 9.17) is 21.3 Å². The Hall–Kier alpha value is -2.57. The molecule has 152 valence electrons. The summed E-state index contributed by atoms with van der Waals surface area (Å²) in [4.78, 5) is 23.3. The van der Waals surface area contributed by atoms with Crippen molar-refractivity contribution >= 4 is 23.4 Å². The Bertz CT molecular complexity index is 889. The van der Waals surface area contributed by atoms with Gasteiger partial charge in [-0.05, 0) is 30.2 Å². The zero-order valence-corrected chi connectivity index (χ0v) is 17.1. The molecule has 1 spiro atoms. The minimum absolute atomic E-state index is 0.312. The van der Waals surface area contributed by atoms with Gasteiger partial charge in [-0.15, -0.1) is 5.06 Å². The number of halogens is 1. The maximum absolute atomic E-state index is 12.1. The Kier molecular flexibility index (Phi) is 5.74. The normalized spacial score (nSPS) is 18.2. The van der Waals surface area contributed by atoms with Gasteiger partial charge in [-0.25, -0.2) is 4.79 Å². The molecule has 2 aliphatic heterocycles. The summed E-state index contributed by atoms with van der Waals surface area (Å²) in [5.74, 6) is 0. The lowest BCUT2D eigenvalue weighted by atomic mass is 9.86. The molecule has 1 saturated heterocycles. The first kappa shape index (κ1) is 19.7. The topological polar surface area (TPSA) is 63.2 Å². The summed E-state index contributed by atoms with van der Waals surface area (Å²) in [5.41, 5.74) is 3.88. The molecular weight excluding hydrogens is 390 g/mol. The van der Waals surface area contributed by atoms with Crippen LogP contribution in [0.4, 0.5) is 4.79 Å². The predicted octanol–water partition coefficient (Wildman–Crippen LogP) is 4.45. The fourth-order valence-corrected chi connectivity index (χ4v) is 3.73. The number of amides is 1. The lowest BCUT2D eigenvalue weighted by Crippen LogP contribution is -2.46. The highest BCUT2D eigenvalue weighted by Crippen LogP contribution is 2.36. The maximum atomic E-state index is 12.1. The van der Waals surface area contributed by atoms with Crippen molar-refractivity contribution in [3.8, 4) is 0 Å². The molecule has 7 heteroatoms. The molecule has 0 aliphatic carbocycles. The summed E-state index contributed by atoms with van der Waals surface area (Å²) in [6, 6.07) is 15.7. The van der Waals surface area contributed by atoms with Crippen molar-refractivity contribution in [3.63, 3.8) is 0 Å². The number of hydrogen-bond acceptors (Lipinski definition) is 5. The van der Waals surface area contributed by atoms with Crippen molar-refractivity contribution in [3.05, 3.63) is 70.2 Å². The van der Waals surface area contributed by atoms with Crippen molar-refractivity contribution in [2.24, 2.45) is 5.16 Å². The van der Waals surface area contributed by atoms with E-state index in [-0.39, 0.29) is 5.60 Å². The van der Waals surface area contributed by atoms with Crippen molar-refractivity contribution in [1.82, 2.24) is 10.4 Å². The number of carbonyl (C=O) groups excluding carboxylic acids is 1. The van der Waals surface area contributed by atoms with E-state index in [1.807, 2.05) is 55.5 Å². The third-order valence-corrected chi connectivity index (χ3v) is 5.67. The minimum atomic E-state index is -0.438. The minimum Gasteiger partial charge on any atom is -0.388 e. The summed E-state index contributed by atoms with van der Waals surface area (Å²) in [7, 11) is 0. The average Bonchev–Trinajstić information content (AvgIpc) is 3.14. The Morgan fingerprint density at radius 2 is 1.86 bits per heavy atom. The van der Waals surface area contributed by atoms with E-state index in [0.29, 0.717) is 24.7 Å². The third-order valence-electron chi connectivity index (χ3n) is 5.42. The standard InChI is InChI=1S/C22H24ClN3O3/c1-16-2-4-17(5-3-16)15-24-21(27)28-26-12-10-22(11-13-26)14-20(25-29-22)18-6-8-19(23)9-7-18/h2-9H,10-15H2,1H3,(H,24,27). The number of carbonyl (C=O) groups is 1. The van der Waals surface area contributed by atoms with Crippen LogP contribution in [0, 0.1) is 6.92 Å². The van der Waals surface area contributed by atoms with Gasteiger partial charge in [-0.1, -0.05) is 58.7 Å². The van der Waals surface area contributed by atoms with Crippen LogP contribution in [0.25, 0.3) is 0 Å². The predicted molar refractivity (Wildman–Crippen MR) is 112 cm³/mol. The van der Waals surface area contributed by atoms with Crippen LogP contribution in [0.15, 0.2) is 53.7 Å². The van der Waals surface area contributed by atoms with Gasteiger partial charge in [0.15, 0.2) is 0 Å². The van der Waals surface area contributed by atoms with E-state index in [9.17, 15) is 4.79 Å². The zero-order chi connectivity index (χ0) is 20.3. The van der Waals surface area contributed by atoms with Gasteiger partial charge in [0.25, 0.3) is 0 Å². The Labute approximate surface area is 175 Å².